The molecule has 3 rings (SSSR count). The van der Waals surface area contributed by atoms with Crippen LogP contribution in [0.1, 0.15) is 34.6 Å². The highest BCUT2D eigenvalue weighted by Gasteiger charge is 2.29. The molecule has 2 heteroatoms. The number of nitrogens with zero attached hydrogens (tertiary/aromatic N) is 1. The van der Waals surface area contributed by atoms with Gasteiger partial charge in [0.05, 0.1) is 0 Å². The highest BCUT2D eigenvalue weighted by atomic mass is 16.3. The summed E-state index contributed by atoms with van der Waals surface area (Å²) in [6.45, 7) is 2.14. The number of fused-ring (bicyclic) bond motifs is 1. The Balaban J connectivity index is 2.08. The van der Waals surface area contributed by atoms with E-state index in [-0.39, 0.29) is 0 Å². The van der Waals surface area contributed by atoms with E-state index >= 15 is 0 Å². The standard InChI is InChI=1S/C19H23NO/c1-13-5-4-6-14(9-13)18-11-16(20(2)3)10-15-7-8-17(21)12-19(15)18/h4-9,12,16,18,21H,10-11H2,1-3H3/t16-,18-/m1/s1. The molecule has 0 fully saturated rings. The zero-order valence-electron chi connectivity index (χ0n) is 13.0. The summed E-state index contributed by atoms with van der Waals surface area (Å²) >= 11 is 0. The van der Waals surface area contributed by atoms with Crippen LogP contribution in [0.15, 0.2) is 42.5 Å². The number of phenolic OH excluding ortho intramolecular Hbond substituents is 1. The fourth-order valence-electron chi connectivity index (χ4n) is 3.42. The number of phenols is 1. The Kier molecular flexibility index (Phi) is 3.73. The molecule has 0 spiro atoms. The van der Waals surface area contributed by atoms with Gasteiger partial charge in [0.2, 0.25) is 0 Å². The molecular weight excluding hydrogens is 258 g/mol. The van der Waals surface area contributed by atoms with E-state index in [0.717, 1.165) is 12.8 Å². The van der Waals surface area contributed by atoms with Crippen molar-refractivity contribution < 1.29 is 5.11 Å². The number of benzene rings is 2. The summed E-state index contributed by atoms with van der Waals surface area (Å²) in [5.74, 6) is 0.739. The van der Waals surface area contributed by atoms with Crippen LogP contribution < -0.4 is 0 Å². The van der Waals surface area contributed by atoms with Crippen molar-refractivity contribution in [3.8, 4) is 5.75 Å². The lowest BCUT2D eigenvalue weighted by Gasteiger charge is -2.35. The van der Waals surface area contributed by atoms with E-state index in [1.807, 2.05) is 12.1 Å². The maximum absolute atomic E-state index is 9.87. The molecule has 0 saturated carbocycles. The van der Waals surface area contributed by atoms with Crippen molar-refractivity contribution in [1.82, 2.24) is 4.90 Å². The third-order valence-electron chi connectivity index (χ3n) is 4.64. The maximum atomic E-state index is 9.87. The molecule has 1 N–H and O–H groups in total. The van der Waals surface area contributed by atoms with Crippen LogP contribution >= 0.6 is 0 Å². The molecule has 0 saturated heterocycles. The minimum Gasteiger partial charge on any atom is -0.508 e. The molecule has 110 valence electrons. The Morgan fingerprint density at radius 1 is 1.10 bits per heavy atom. The summed E-state index contributed by atoms with van der Waals surface area (Å²) in [5, 5.41) is 9.87. The Hall–Kier alpha value is -1.80. The van der Waals surface area contributed by atoms with Crippen LogP contribution in [0.3, 0.4) is 0 Å². The minimum atomic E-state index is 0.369. The Labute approximate surface area is 127 Å². The molecular formula is C19H23NO. The number of aromatic hydroxyl groups is 1. The van der Waals surface area contributed by atoms with Gasteiger partial charge in [0.25, 0.3) is 0 Å². The lowest BCUT2D eigenvalue weighted by Crippen LogP contribution is -2.35. The highest BCUT2D eigenvalue weighted by molar-refractivity contribution is 5.45. The first-order chi connectivity index (χ1) is 10.0. The molecule has 0 bridgehead atoms. The molecule has 2 atom stereocenters. The zero-order chi connectivity index (χ0) is 15.0. The van der Waals surface area contributed by atoms with Crippen molar-refractivity contribution in [1.29, 1.82) is 0 Å². The number of hydrogen-bond acceptors (Lipinski definition) is 2. The van der Waals surface area contributed by atoms with Crippen LogP contribution in [-0.2, 0) is 6.42 Å². The minimum absolute atomic E-state index is 0.369. The van der Waals surface area contributed by atoms with Gasteiger partial charge in [0.1, 0.15) is 5.75 Å². The first kappa shape index (κ1) is 14.2. The van der Waals surface area contributed by atoms with Crippen molar-refractivity contribution in [3.63, 3.8) is 0 Å². The van der Waals surface area contributed by atoms with Crippen LogP contribution in [-0.4, -0.2) is 30.1 Å². The van der Waals surface area contributed by atoms with Crippen LogP contribution in [0.2, 0.25) is 0 Å². The quantitative estimate of drug-likeness (QED) is 0.907. The van der Waals surface area contributed by atoms with Crippen molar-refractivity contribution in [2.75, 3.05) is 14.1 Å². The third-order valence-corrected chi connectivity index (χ3v) is 4.64. The smallest absolute Gasteiger partial charge is 0.115 e. The van der Waals surface area contributed by atoms with E-state index < -0.39 is 0 Å². The molecule has 1 aliphatic carbocycles. The summed E-state index contributed by atoms with van der Waals surface area (Å²) in [5.41, 5.74) is 5.30. The van der Waals surface area contributed by atoms with E-state index in [9.17, 15) is 5.11 Å². The number of rotatable bonds is 2. The molecule has 0 radical (unpaired) electrons. The molecule has 0 heterocycles. The van der Waals surface area contributed by atoms with Gasteiger partial charge in [0.15, 0.2) is 0 Å². The molecule has 0 unspecified atom stereocenters. The fraction of sp³-hybridized carbons (Fsp3) is 0.368. The summed E-state index contributed by atoms with van der Waals surface area (Å²) in [4.78, 5) is 2.32. The van der Waals surface area contributed by atoms with E-state index in [2.05, 4.69) is 56.3 Å². The monoisotopic (exact) mass is 281 g/mol. The predicted octanol–water partition coefficient (Wildman–Crippen LogP) is 3.71. The van der Waals surface area contributed by atoms with Gasteiger partial charge in [-0.1, -0.05) is 35.9 Å². The first-order valence-corrected chi connectivity index (χ1v) is 7.59. The molecule has 0 aromatic heterocycles. The first-order valence-electron chi connectivity index (χ1n) is 7.59. The third kappa shape index (κ3) is 2.81. The lowest BCUT2D eigenvalue weighted by atomic mass is 9.76. The average molecular weight is 281 g/mol. The van der Waals surface area contributed by atoms with Crippen LogP contribution in [0, 0.1) is 6.92 Å². The van der Waals surface area contributed by atoms with Gasteiger partial charge in [-0.15, -0.1) is 0 Å². The lowest BCUT2D eigenvalue weighted by molar-refractivity contribution is 0.258. The van der Waals surface area contributed by atoms with Gasteiger partial charge in [-0.25, -0.2) is 0 Å². The van der Waals surface area contributed by atoms with Crippen molar-refractivity contribution in [2.24, 2.45) is 0 Å². The van der Waals surface area contributed by atoms with Crippen molar-refractivity contribution >= 4 is 0 Å². The molecule has 0 amide bonds. The zero-order valence-corrected chi connectivity index (χ0v) is 13.0. The Morgan fingerprint density at radius 2 is 1.90 bits per heavy atom. The van der Waals surface area contributed by atoms with Gasteiger partial charge in [-0.05, 0) is 62.7 Å². The van der Waals surface area contributed by atoms with Crippen LogP contribution in [0.5, 0.6) is 5.75 Å². The Bertz CT molecular complexity index is 648. The molecule has 2 aromatic rings. The van der Waals surface area contributed by atoms with E-state index in [0.29, 0.717) is 17.7 Å². The van der Waals surface area contributed by atoms with Crippen LogP contribution in [0.25, 0.3) is 0 Å². The molecule has 0 aliphatic heterocycles. The average Bonchev–Trinajstić information content (AvgIpc) is 2.46. The van der Waals surface area contributed by atoms with Gasteiger partial charge < -0.3 is 10.0 Å². The summed E-state index contributed by atoms with van der Waals surface area (Å²) in [6.07, 6.45) is 2.16. The molecule has 1 aliphatic rings. The molecule has 2 nitrogen and oxygen atoms in total. The second-order valence-electron chi connectivity index (χ2n) is 6.41. The fourth-order valence-corrected chi connectivity index (χ4v) is 3.42. The predicted molar refractivity (Wildman–Crippen MR) is 86.9 cm³/mol. The largest absolute Gasteiger partial charge is 0.508 e. The number of aryl methyl sites for hydroxylation is 1. The molecule has 2 aromatic carbocycles. The van der Waals surface area contributed by atoms with E-state index in [1.165, 1.54) is 22.3 Å². The second-order valence-corrected chi connectivity index (χ2v) is 6.41. The maximum Gasteiger partial charge on any atom is 0.115 e. The van der Waals surface area contributed by atoms with Crippen molar-refractivity contribution in [2.45, 2.75) is 31.7 Å². The van der Waals surface area contributed by atoms with Crippen LogP contribution in [0.4, 0.5) is 0 Å². The van der Waals surface area contributed by atoms with Gasteiger partial charge in [-0.2, -0.15) is 0 Å². The number of hydrogen-bond donors (Lipinski definition) is 1. The number of likely N-dealkylation sites (N-methyl/N-ethyl adjacent to an activating group) is 1. The second kappa shape index (κ2) is 5.53. The Morgan fingerprint density at radius 3 is 2.62 bits per heavy atom. The van der Waals surface area contributed by atoms with E-state index in [4.69, 9.17) is 0 Å². The van der Waals surface area contributed by atoms with E-state index in [1.54, 1.807) is 0 Å². The van der Waals surface area contributed by atoms with Gasteiger partial charge >= 0.3 is 0 Å². The highest BCUT2D eigenvalue weighted by Crippen LogP contribution is 2.39. The van der Waals surface area contributed by atoms with Gasteiger partial charge in [-0.3, -0.25) is 0 Å². The topological polar surface area (TPSA) is 23.5 Å². The SMILES string of the molecule is Cc1cccc([C@H]2C[C@H](N(C)C)Cc3ccc(O)cc32)c1. The normalized spacial score (nSPS) is 21.3. The molecule has 21 heavy (non-hydrogen) atoms. The summed E-state index contributed by atoms with van der Waals surface area (Å²) in [7, 11) is 4.31. The summed E-state index contributed by atoms with van der Waals surface area (Å²) < 4.78 is 0. The summed E-state index contributed by atoms with van der Waals surface area (Å²) in [6, 6.07) is 15.2. The van der Waals surface area contributed by atoms with Crippen molar-refractivity contribution in [3.05, 3.63) is 64.7 Å². The van der Waals surface area contributed by atoms with Gasteiger partial charge in [0, 0.05) is 12.0 Å².